The van der Waals surface area contributed by atoms with Crippen LogP contribution in [0.5, 0.6) is 0 Å². The molecule has 0 saturated carbocycles. The highest BCUT2D eigenvalue weighted by atomic mass is 32.1. The van der Waals surface area contributed by atoms with Gasteiger partial charge in [-0.15, -0.1) is 11.3 Å². The molecule has 6 nitrogen and oxygen atoms in total. The summed E-state index contributed by atoms with van der Waals surface area (Å²) in [5.74, 6) is -0.0644. The number of nitrogens with one attached hydrogen (secondary N) is 1. The molecule has 0 radical (unpaired) electrons. The fourth-order valence-corrected chi connectivity index (χ4v) is 3.39. The summed E-state index contributed by atoms with van der Waals surface area (Å²) in [5, 5.41) is 13.9. The molecule has 1 aliphatic rings. The van der Waals surface area contributed by atoms with Crippen LogP contribution in [0.15, 0.2) is 29.6 Å². The minimum atomic E-state index is -0.160. The molecule has 0 bridgehead atoms. The lowest BCUT2D eigenvalue weighted by atomic mass is 10.1. The van der Waals surface area contributed by atoms with Crippen molar-refractivity contribution in [1.82, 2.24) is 4.98 Å². The molecular formula is C17H16N4O2S. The lowest BCUT2D eigenvalue weighted by Gasteiger charge is -2.10. The maximum Gasteiger partial charge on any atom is 0.230 e. The molecule has 7 heteroatoms. The van der Waals surface area contributed by atoms with Crippen LogP contribution in [0.2, 0.25) is 0 Å². The molecule has 2 heterocycles. The number of carbonyl (C=O) groups is 2. The molecule has 0 aliphatic carbocycles. The Kier molecular flexibility index (Phi) is 4.87. The fraction of sp³-hybridized carbons (Fsp3) is 0.294. The van der Waals surface area contributed by atoms with Crippen LogP contribution in [0.4, 0.5) is 10.8 Å². The molecule has 1 N–H and O–H groups in total. The second kappa shape index (κ2) is 7.23. The van der Waals surface area contributed by atoms with Crippen LogP contribution in [0.1, 0.15) is 24.1 Å². The average Bonchev–Trinajstić information content (AvgIpc) is 3.18. The van der Waals surface area contributed by atoms with E-state index in [-0.39, 0.29) is 18.2 Å². The van der Waals surface area contributed by atoms with Gasteiger partial charge in [-0.2, -0.15) is 5.26 Å². The number of nitrogens with zero attached hydrogens (tertiary/aromatic N) is 3. The SMILES string of the molecule is N#CCc1ccc(NC(=O)Cc2csc(N3CCCC3=O)n2)cc1. The van der Waals surface area contributed by atoms with Gasteiger partial charge in [0.25, 0.3) is 0 Å². The molecule has 1 fully saturated rings. The van der Waals surface area contributed by atoms with Crippen LogP contribution in [0, 0.1) is 11.3 Å². The molecule has 1 aliphatic heterocycles. The van der Waals surface area contributed by atoms with Crippen molar-refractivity contribution < 1.29 is 9.59 Å². The van der Waals surface area contributed by atoms with Crippen molar-refractivity contribution in [2.75, 3.05) is 16.8 Å². The first kappa shape index (κ1) is 16.1. The average molecular weight is 340 g/mol. The third-order valence-corrected chi connectivity index (χ3v) is 4.62. The summed E-state index contributed by atoms with van der Waals surface area (Å²) in [5.41, 5.74) is 2.26. The van der Waals surface area contributed by atoms with Crippen molar-refractivity contribution in [2.45, 2.75) is 25.7 Å². The Morgan fingerprint density at radius 2 is 2.17 bits per heavy atom. The van der Waals surface area contributed by atoms with Crippen molar-refractivity contribution >= 4 is 34.0 Å². The summed E-state index contributed by atoms with van der Waals surface area (Å²) < 4.78 is 0. The molecule has 2 aromatic rings. The zero-order valence-electron chi connectivity index (χ0n) is 13.0. The molecule has 24 heavy (non-hydrogen) atoms. The highest BCUT2D eigenvalue weighted by Crippen LogP contribution is 2.25. The van der Waals surface area contributed by atoms with E-state index in [2.05, 4.69) is 16.4 Å². The number of rotatable bonds is 5. The van der Waals surface area contributed by atoms with Crippen LogP contribution in [0.3, 0.4) is 0 Å². The molecule has 0 unspecified atom stereocenters. The van der Waals surface area contributed by atoms with Gasteiger partial charge >= 0.3 is 0 Å². The minimum Gasteiger partial charge on any atom is -0.326 e. The van der Waals surface area contributed by atoms with E-state index in [4.69, 9.17) is 5.26 Å². The van der Waals surface area contributed by atoms with Gasteiger partial charge in [0.05, 0.1) is 24.6 Å². The van der Waals surface area contributed by atoms with E-state index >= 15 is 0 Å². The Bertz CT molecular complexity index is 792. The van der Waals surface area contributed by atoms with E-state index < -0.39 is 0 Å². The number of hydrogen-bond acceptors (Lipinski definition) is 5. The number of thiazole rings is 1. The highest BCUT2D eigenvalue weighted by Gasteiger charge is 2.24. The Morgan fingerprint density at radius 1 is 1.38 bits per heavy atom. The van der Waals surface area contributed by atoms with Gasteiger partial charge < -0.3 is 5.32 Å². The third-order valence-electron chi connectivity index (χ3n) is 3.71. The van der Waals surface area contributed by atoms with Crippen molar-refractivity contribution in [3.8, 4) is 6.07 Å². The first-order valence-electron chi connectivity index (χ1n) is 7.66. The summed E-state index contributed by atoms with van der Waals surface area (Å²) in [6.45, 7) is 0.701. The minimum absolute atomic E-state index is 0.0952. The quantitative estimate of drug-likeness (QED) is 0.906. The van der Waals surface area contributed by atoms with E-state index in [1.54, 1.807) is 17.0 Å². The maximum atomic E-state index is 12.1. The lowest BCUT2D eigenvalue weighted by Crippen LogP contribution is -2.23. The zero-order valence-corrected chi connectivity index (χ0v) is 13.8. The highest BCUT2D eigenvalue weighted by molar-refractivity contribution is 7.14. The standard InChI is InChI=1S/C17H16N4O2S/c18-8-7-12-3-5-13(6-4-12)19-15(22)10-14-11-24-17(20-14)21-9-1-2-16(21)23/h3-6,11H,1-2,7,9-10H2,(H,19,22). The van der Waals surface area contributed by atoms with Gasteiger partial charge in [-0.05, 0) is 24.1 Å². The van der Waals surface area contributed by atoms with Crippen LogP contribution in [-0.2, 0) is 22.4 Å². The lowest BCUT2D eigenvalue weighted by molar-refractivity contribution is -0.117. The van der Waals surface area contributed by atoms with E-state index in [9.17, 15) is 9.59 Å². The number of anilines is 2. The van der Waals surface area contributed by atoms with E-state index in [0.29, 0.717) is 35.9 Å². The first-order valence-corrected chi connectivity index (χ1v) is 8.54. The van der Waals surface area contributed by atoms with Crippen LogP contribution < -0.4 is 10.2 Å². The maximum absolute atomic E-state index is 12.1. The summed E-state index contributed by atoms with van der Waals surface area (Å²) in [6.07, 6.45) is 1.94. The molecule has 2 amide bonds. The molecule has 0 spiro atoms. The van der Waals surface area contributed by atoms with Gasteiger partial charge in [-0.3, -0.25) is 14.5 Å². The Labute approximate surface area is 143 Å². The second-order valence-electron chi connectivity index (χ2n) is 5.53. The van der Waals surface area contributed by atoms with Gasteiger partial charge in [-0.1, -0.05) is 12.1 Å². The van der Waals surface area contributed by atoms with E-state index in [1.807, 2.05) is 17.5 Å². The van der Waals surface area contributed by atoms with Crippen LogP contribution in [0.25, 0.3) is 0 Å². The number of nitriles is 1. The molecule has 1 aromatic carbocycles. The van der Waals surface area contributed by atoms with Crippen molar-refractivity contribution in [3.63, 3.8) is 0 Å². The Balaban J connectivity index is 1.58. The molecule has 3 rings (SSSR count). The zero-order chi connectivity index (χ0) is 16.9. The van der Waals surface area contributed by atoms with Crippen molar-refractivity contribution in [1.29, 1.82) is 5.26 Å². The number of amides is 2. The van der Waals surface area contributed by atoms with Crippen LogP contribution in [-0.4, -0.2) is 23.3 Å². The van der Waals surface area contributed by atoms with Crippen molar-refractivity contribution in [2.24, 2.45) is 0 Å². The number of aromatic nitrogens is 1. The molecule has 1 aromatic heterocycles. The number of benzene rings is 1. The fourth-order valence-electron chi connectivity index (χ4n) is 2.52. The smallest absolute Gasteiger partial charge is 0.230 e. The monoisotopic (exact) mass is 340 g/mol. The van der Waals surface area contributed by atoms with Crippen molar-refractivity contribution in [3.05, 3.63) is 40.9 Å². The summed E-state index contributed by atoms with van der Waals surface area (Å²) >= 11 is 1.39. The van der Waals surface area contributed by atoms with Gasteiger partial charge in [0.15, 0.2) is 5.13 Å². The normalized spacial score (nSPS) is 13.8. The third kappa shape index (κ3) is 3.78. The second-order valence-corrected chi connectivity index (χ2v) is 6.36. The summed E-state index contributed by atoms with van der Waals surface area (Å²) in [6, 6.07) is 9.27. The van der Waals surface area contributed by atoms with Gasteiger partial charge in [0.2, 0.25) is 11.8 Å². The molecule has 122 valence electrons. The predicted octanol–water partition coefficient (Wildman–Crippen LogP) is 2.52. The van der Waals surface area contributed by atoms with Gasteiger partial charge in [0.1, 0.15) is 0 Å². The molecular weight excluding hydrogens is 324 g/mol. The molecule has 0 atom stereocenters. The first-order chi connectivity index (χ1) is 11.7. The number of carbonyl (C=O) groups excluding carboxylic acids is 2. The molecule has 1 saturated heterocycles. The Hall–Kier alpha value is -2.72. The van der Waals surface area contributed by atoms with E-state index in [0.717, 1.165) is 12.0 Å². The summed E-state index contributed by atoms with van der Waals surface area (Å²) in [7, 11) is 0. The topological polar surface area (TPSA) is 86.1 Å². The number of hydrogen-bond donors (Lipinski definition) is 1. The summed E-state index contributed by atoms with van der Waals surface area (Å²) in [4.78, 5) is 29.9. The van der Waals surface area contributed by atoms with E-state index in [1.165, 1.54) is 11.3 Å². The van der Waals surface area contributed by atoms with Gasteiger partial charge in [0, 0.05) is 24.0 Å². The largest absolute Gasteiger partial charge is 0.326 e. The van der Waals surface area contributed by atoms with Gasteiger partial charge in [-0.25, -0.2) is 4.98 Å². The predicted molar refractivity (Wildman–Crippen MR) is 91.8 cm³/mol. The van der Waals surface area contributed by atoms with Crippen LogP contribution >= 0.6 is 11.3 Å². The Morgan fingerprint density at radius 3 is 2.83 bits per heavy atom.